The predicted molar refractivity (Wildman–Crippen MR) is 45.4 cm³/mol. The van der Waals surface area contributed by atoms with Crippen molar-refractivity contribution < 1.29 is 0 Å². The lowest BCUT2D eigenvalue weighted by Gasteiger charge is -2.36. The molecule has 64 valence electrons. The van der Waals surface area contributed by atoms with Gasteiger partial charge in [0.15, 0.2) is 0 Å². The Balaban J connectivity index is 2.06. The van der Waals surface area contributed by atoms with Crippen LogP contribution in [0.15, 0.2) is 0 Å². The van der Waals surface area contributed by atoms with Crippen LogP contribution in [0.5, 0.6) is 0 Å². The van der Waals surface area contributed by atoms with Crippen molar-refractivity contribution in [3.8, 4) is 0 Å². The minimum Gasteiger partial charge on any atom is -0.326 e. The van der Waals surface area contributed by atoms with Gasteiger partial charge in [0, 0.05) is 24.5 Å². The van der Waals surface area contributed by atoms with Crippen LogP contribution >= 0.6 is 0 Å². The van der Waals surface area contributed by atoms with Gasteiger partial charge < -0.3 is 16.4 Å². The summed E-state index contributed by atoms with van der Waals surface area (Å²) in [4.78, 5) is 0. The van der Waals surface area contributed by atoms with Gasteiger partial charge >= 0.3 is 0 Å². The van der Waals surface area contributed by atoms with Crippen molar-refractivity contribution in [2.24, 2.45) is 11.1 Å². The zero-order valence-electron chi connectivity index (χ0n) is 6.90. The number of piperidine rings is 1. The Labute approximate surface area is 67.7 Å². The number of nitrogens with one attached hydrogen (secondary N) is 2. The lowest BCUT2D eigenvalue weighted by Crippen LogP contribution is -2.47. The van der Waals surface area contributed by atoms with Crippen LogP contribution < -0.4 is 16.4 Å². The van der Waals surface area contributed by atoms with Gasteiger partial charge in [0.1, 0.15) is 0 Å². The van der Waals surface area contributed by atoms with Crippen LogP contribution in [-0.2, 0) is 0 Å². The Bertz CT molecular complexity index is 140. The standard InChI is InChI=1S/C8H17N3/c9-7-5-11-6-8(7)1-3-10-4-2-8/h7,10-11H,1-6,9H2. The molecule has 1 unspecified atom stereocenters. The molecule has 2 aliphatic heterocycles. The molecule has 0 radical (unpaired) electrons. The van der Waals surface area contributed by atoms with E-state index < -0.39 is 0 Å². The Morgan fingerprint density at radius 2 is 1.91 bits per heavy atom. The largest absolute Gasteiger partial charge is 0.326 e. The molecule has 1 spiro atoms. The maximum atomic E-state index is 6.05. The van der Waals surface area contributed by atoms with Crippen LogP contribution in [0.1, 0.15) is 12.8 Å². The second kappa shape index (κ2) is 2.73. The first-order valence-electron chi connectivity index (χ1n) is 4.51. The highest BCUT2D eigenvalue weighted by Crippen LogP contribution is 2.33. The maximum Gasteiger partial charge on any atom is 0.0235 e. The minimum absolute atomic E-state index is 0.393. The summed E-state index contributed by atoms with van der Waals surface area (Å²) in [5.74, 6) is 0. The van der Waals surface area contributed by atoms with E-state index in [1.807, 2.05) is 0 Å². The van der Waals surface area contributed by atoms with E-state index in [4.69, 9.17) is 5.73 Å². The Kier molecular flexibility index (Phi) is 1.87. The second-order valence-corrected chi connectivity index (χ2v) is 3.85. The van der Waals surface area contributed by atoms with E-state index in [0.29, 0.717) is 11.5 Å². The van der Waals surface area contributed by atoms with Crippen molar-refractivity contribution in [1.29, 1.82) is 0 Å². The van der Waals surface area contributed by atoms with E-state index in [-0.39, 0.29) is 0 Å². The van der Waals surface area contributed by atoms with Gasteiger partial charge in [-0.05, 0) is 25.9 Å². The lowest BCUT2D eigenvalue weighted by molar-refractivity contribution is 0.203. The van der Waals surface area contributed by atoms with Gasteiger partial charge in [-0.2, -0.15) is 0 Å². The van der Waals surface area contributed by atoms with Crippen molar-refractivity contribution in [1.82, 2.24) is 10.6 Å². The molecule has 2 aliphatic rings. The van der Waals surface area contributed by atoms with E-state index >= 15 is 0 Å². The van der Waals surface area contributed by atoms with Gasteiger partial charge in [-0.15, -0.1) is 0 Å². The molecule has 3 nitrogen and oxygen atoms in total. The quantitative estimate of drug-likeness (QED) is 0.433. The van der Waals surface area contributed by atoms with E-state index in [2.05, 4.69) is 10.6 Å². The summed E-state index contributed by atoms with van der Waals surface area (Å²) in [5, 5.41) is 6.75. The molecule has 4 N–H and O–H groups in total. The van der Waals surface area contributed by atoms with Gasteiger partial charge in [0.25, 0.3) is 0 Å². The molecule has 11 heavy (non-hydrogen) atoms. The molecule has 0 aliphatic carbocycles. The molecule has 3 heteroatoms. The first kappa shape index (κ1) is 7.53. The predicted octanol–water partition coefficient (Wildman–Crippen LogP) is -0.713. The average Bonchev–Trinajstić information content (AvgIpc) is 2.36. The maximum absolute atomic E-state index is 6.05. The average molecular weight is 155 g/mol. The molecular weight excluding hydrogens is 138 g/mol. The minimum atomic E-state index is 0.393. The Morgan fingerprint density at radius 1 is 1.18 bits per heavy atom. The third kappa shape index (κ3) is 1.17. The van der Waals surface area contributed by atoms with Crippen LogP contribution in [0.4, 0.5) is 0 Å². The van der Waals surface area contributed by atoms with E-state index in [1.54, 1.807) is 0 Å². The summed E-state index contributed by atoms with van der Waals surface area (Å²) in [6.07, 6.45) is 2.50. The zero-order chi connectivity index (χ0) is 7.73. The fourth-order valence-electron chi connectivity index (χ4n) is 2.30. The monoisotopic (exact) mass is 155 g/mol. The summed E-state index contributed by atoms with van der Waals surface area (Å²) >= 11 is 0. The molecule has 2 fully saturated rings. The molecule has 0 saturated carbocycles. The lowest BCUT2D eigenvalue weighted by atomic mass is 9.75. The highest BCUT2D eigenvalue weighted by Gasteiger charge is 2.41. The number of rotatable bonds is 0. The fraction of sp³-hybridized carbons (Fsp3) is 1.00. The highest BCUT2D eigenvalue weighted by molar-refractivity contribution is 4.99. The van der Waals surface area contributed by atoms with E-state index in [0.717, 1.165) is 26.2 Å². The Hall–Kier alpha value is -0.120. The van der Waals surface area contributed by atoms with Crippen LogP contribution in [0.2, 0.25) is 0 Å². The van der Waals surface area contributed by atoms with Gasteiger partial charge in [-0.1, -0.05) is 0 Å². The van der Waals surface area contributed by atoms with Crippen molar-refractivity contribution >= 4 is 0 Å². The summed E-state index contributed by atoms with van der Waals surface area (Å²) in [6, 6.07) is 0.393. The van der Waals surface area contributed by atoms with Gasteiger partial charge in [-0.3, -0.25) is 0 Å². The number of nitrogens with two attached hydrogens (primary N) is 1. The van der Waals surface area contributed by atoms with E-state index in [1.165, 1.54) is 12.8 Å². The summed E-state index contributed by atoms with van der Waals surface area (Å²) in [7, 11) is 0. The summed E-state index contributed by atoms with van der Waals surface area (Å²) in [5.41, 5.74) is 6.49. The van der Waals surface area contributed by atoms with E-state index in [9.17, 15) is 0 Å². The van der Waals surface area contributed by atoms with Crippen molar-refractivity contribution in [2.45, 2.75) is 18.9 Å². The molecule has 2 heterocycles. The topological polar surface area (TPSA) is 50.1 Å². The first-order valence-corrected chi connectivity index (χ1v) is 4.51. The van der Waals surface area contributed by atoms with Gasteiger partial charge in [-0.25, -0.2) is 0 Å². The number of hydrogen-bond acceptors (Lipinski definition) is 3. The second-order valence-electron chi connectivity index (χ2n) is 3.85. The van der Waals surface area contributed by atoms with Crippen LogP contribution in [0.3, 0.4) is 0 Å². The third-order valence-corrected chi connectivity index (χ3v) is 3.23. The van der Waals surface area contributed by atoms with Crippen molar-refractivity contribution in [3.05, 3.63) is 0 Å². The molecule has 0 aromatic heterocycles. The molecule has 1 atom stereocenters. The fourth-order valence-corrected chi connectivity index (χ4v) is 2.30. The zero-order valence-corrected chi connectivity index (χ0v) is 6.90. The molecule has 0 amide bonds. The van der Waals surface area contributed by atoms with Crippen LogP contribution in [0.25, 0.3) is 0 Å². The smallest absolute Gasteiger partial charge is 0.0235 e. The normalized spacial score (nSPS) is 36.3. The molecule has 0 aromatic carbocycles. The van der Waals surface area contributed by atoms with Crippen molar-refractivity contribution in [3.63, 3.8) is 0 Å². The molecule has 2 rings (SSSR count). The SMILES string of the molecule is NC1CNCC12CCNCC2. The Morgan fingerprint density at radius 3 is 2.45 bits per heavy atom. The van der Waals surface area contributed by atoms with Crippen LogP contribution in [0, 0.1) is 5.41 Å². The van der Waals surface area contributed by atoms with Gasteiger partial charge in [0.05, 0.1) is 0 Å². The number of hydrogen-bond donors (Lipinski definition) is 3. The summed E-state index contributed by atoms with van der Waals surface area (Å²) in [6.45, 7) is 4.45. The van der Waals surface area contributed by atoms with Gasteiger partial charge in [0.2, 0.25) is 0 Å². The van der Waals surface area contributed by atoms with Crippen LogP contribution in [-0.4, -0.2) is 32.2 Å². The molecule has 0 bridgehead atoms. The first-order chi connectivity index (χ1) is 5.33. The van der Waals surface area contributed by atoms with Crippen molar-refractivity contribution in [2.75, 3.05) is 26.2 Å². The summed E-state index contributed by atoms with van der Waals surface area (Å²) < 4.78 is 0. The third-order valence-electron chi connectivity index (χ3n) is 3.23. The molecule has 2 saturated heterocycles. The molecule has 0 aromatic rings. The molecular formula is C8H17N3. The highest BCUT2D eigenvalue weighted by atomic mass is 15.0.